The molecule has 0 spiro atoms. The van der Waals surface area contributed by atoms with Crippen LogP contribution in [0.2, 0.25) is 0 Å². The van der Waals surface area contributed by atoms with Gasteiger partial charge in [0.15, 0.2) is 4.96 Å². The zero-order valence-corrected chi connectivity index (χ0v) is 12.3. The fourth-order valence-electron chi connectivity index (χ4n) is 2.06. The number of hydrogen-bond donors (Lipinski definition) is 1. The van der Waals surface area contributed by atoms with Crippen LogP contribution in [0.25, 0.3) is 4.96 Å². The molecule has 0 aromatic carbocycles. The predicted molar refractivity (Wildman–Crippen MR) is 76.0 cm³/mol. The largest absolute Gasteiger partial charge is 0.480 e. The summed E-state index contributed by atoms with van der Waals surface area (Å²) in [5.74, 6) is -1.15. The summed E-state index contributed by atoms with van der Waals surface area (Å²) >= 11 is 1.48. The highest BCUT2D eigenvalue weighted by molar-refractivity contribution is 7.15. The van der Waals surface area contributed by atoms with Gasteiger partial charge in [-0.1, -0.05) is 6.92 Å². The van der Waals surface area contributed by atoms with Gasteiger partial charge in [-0.05, 0) is 13.3 Å². The van der Waals surface area contributed by atoms with E-state index in [1.54, 1.807) is 0 Å². The van der Waals surface area contributed by atoms with Crippen LogP contribution >= 0.6 is 11.3 Å². The molecule has 1 amide bonds. The van der Waals surface area contributed by atoms with Crippen molar-refractivity contribution in [2.24, 2.45) is 0 Å². The van der Waals surface area contributed by atoms with E-state index in [4.69, 9.17) is 5.11 Å². The number of carboxylic acids is 1. The van der Waals surface area contributed by atoms with Gasteiger partial charge < -0.3 is 10.0 Å². The van der Waals surface area contributed by atoms with Gasteiger partial charge in [0, 0.05) is 23.8 Å². The van der Waals surface area contributed by atoms with Crippen molar-refractivity contribution in [2.45, 2.75) is 26.7 Å². The van der Waals surface area contributed by atoms with Crippen LogP contribution in [0, 0.1) is 6.92 Å². The molecule has 0 radical (unpaired) electrons. The maximum absolute atomic E-state index is 12.2. The van der Waals surface area contributed by atoms with Crippen molar-refractivity contribution in [3.63, 3.8) is 0 Å². The van der Waals surface area contributed by atoms with Crippen LogP contribution in [0.3, 0.4) is 0 Å². The molecule has 1 N–H and O–H groups in total. The van der Waals surface area contributed by atoms with Gasteiger partial charge in [0.05, 0.1) is 12.1 Å². The smallest absolute Gasteiger partial charge is 0.323 e. The molecule has 7 heteroatoms. The van der Waals surface area contributed by atoms with Crippen LogP contribution < -0.4 is 0 Å². The second kappa shape index (κ2) is 6.04. The Morgan fingerprint density at radius 3 is 2.90 bits per heavy atom. The van der Waals surface area contributed by atoms with Crippen LogP contribution in [0.4, 0.5) is 0 Å². The van der Waals surface area contributed by atoms with Gasteiger partial charge in [-0.2, -0.15) is 0 Å². The Morgan fingerprint density at radius 1 is 1.50 bits per heavy atom. The monoisotopic (exact) mass is 295 g/mol. The Bertz CT molecular complexity index is 632. The normalized spacial score (nSPS) is 10.9. The van der Waals surface area contributed by atoms with Crippen molar-refractivity contribution in [3.8, 4) is 0 Å². The third-order valence-electron chi connectivity index (χ3n) is 2.91. The number of carbonyl (C=O) groups is 2. The minimum Gasteiger partial charge on any atom is -0.480 e. The van der Waals surface area contributed by atoms with E-state index in [0.29, 0.717) is 6.54 Å². The van der Waals surface area contributed by atoms with Crippen LogP contribution in [0.15, 0.2) is 11.6 Å². The zero-order valence-electron chi connectivity index (χ0n) is 11.5. The number of nitrogens with zero attached hydrogens (tertiary/aromatic N) is 3. The molecule has 2 rings (SSSR count). The average molecular weight is 295 g/mol. The highest BCUT2D eigenvalue weighted by Crippen LogP contribution is 2.17. The fraction of sp³-hybridized carbons (Fsp3) is 0.462. The van der Waals surface area contributed by atoms with E-state index in [1.807, 2.05) is 29.8 Å². The molecule has 0 unspecified atom stereocenters. The second-order valence-electron chi connectivity index (χ2n) is 4.65. The molecular formula is C13H17N3O3S. The van der Waals surface area contributed by atoms with E-state index in [0.717, 1.165) is 22.8 Å². The van der Waals surface area contributed by atoms with E-state index >= 15 is 0 Å². The summed E-state index contributed by atoms with van der Waals surface area (Å²) in [5.41, 5.74) is 1.75. The molecule has 0 aliphatic heterocycles. The first-order chi connectivity index (χ1) is 9.51. The number of carbonyl (C=O) groups excluding carboxylic acids is 1. The number of hydrogen-bond acceptors (Lipinski definition) is 4. The minimum absolute atomic E-state index is 0.166. The summed E-state index contributed by atoms with van der Waals surface area (Å²) in [6.45, 7) is 4.04. The molecule has 0 aliphatic carbocycles. The Hall–Kier alpha value is -1.89. The second-order valence-corrected chi connectivity index (χ2v) is 5.48. The van der Waals surface area contributed by atoms with Crippen LogP contribution in [0.1, 0.15) is 24.7 Å². The summed E-state index contributed by atoms with van der Waals surface area (Å²) < 4.78 is 1.89. The van der Waals surface area contributed by atoms with Gasteiger partial charge in [0.25, 0.3) is 0 Å². The summed E-state index contributed by atoms with van der Waals surface area (Å²) in [4.78, 5) is 29.6. The Balaban J connectivity index is 2.14. The van der Waals surface area contributed by atoms with Crippen molar-refractivity contribution in [2.75, 3.05) is 13.1 Å². The van der Waals surface area contributed by atoms with Gasteiger partial charge in [-0.15, -0.1) is 11.3 Å². The quantitative estimate of drug-likeness (QED) is 0.877. The van der Waals surface area contributed by atoms with Gasteiger partial charge >= 0.3 is 5.97 Å². The van der Waals surface area contributed by atoms with Crippen molar-refractivity contribution in [1.29, 1.82) is 0 Å². The number of imidazole rings is 1. The molecule has 2 aromatic heterocycles. The van der Waals surface area contributed by atoms with Gasteiger partial charge in [0.1, 0.15) is 6.54 Å². The molecule has 0 atom stereocenters. The minimum atomic E-state index is -0.985. The SMILES string of the molecule is CCCN(CC(=O)O)C(=O)Cc1csc2nc(C)cn12. The third kappa shape index (κ3) is 3.16. The Kier molecular flexibility index (Phi) is 4.39. The topological polar surface area (TPSA) is 74.9 Å². The van der Waals surface area contributed by atoms with E-state index in [1.165, 1.54) is 16.2 Å². The average Bonchev–Trinajstić information content (AvgIpc) is 2.89. The Labute approximate surface area is 120 Å². The van der Waals surface area contributed by atoms with E-state index < -0.39 is 5.97 Å². The fourth-order valence-corrected chi connectivity index (χ4v) is 2.98. The first-order valence-corrected chi connectivity index (χ1v) is 7.31. The lowest BCUT2D eigenvalue weighted by Gasteiger charge is -2.19. The number of aryl methyl sites for hydroxylation is 1. The number of aliphatic carboxylic acids is 1. The lowest BCUT2D eigenvalue weighted by atomic mass is 10.2. The Morgan fingerprint density at radius 2 is 2.25 bits per heavy atom. The van der Waals surface area contributed by atoms with Crippen molar-refractivity contribution in [1.82, 2.24) is 14.3 Å². The molecule has 6 nitrogen and oxygen atoms in total. The van der Waals surface area contributed by atoms with Crippen LogP contribution in [-0.2, 0) is 16.0 Å². The lowest BCUT2D eigenvalue weighted by molar-refractivity contribution is -0.144. The summed E-state index contributed by atoms with van der Waals surface area (Å²) in [7, 11) is 0. The van der Waals surface area contributed by atoms with Gasteiger partial charge in [-0.25, -0.2) is 4.98 Å². The molecule has 0 saturated carbocycles. The highest BCUT2D eigenvalue weighted by atomic mass is 32.1. The van der Waals surface area contributed by atoms with Gasteiger partial charge in [0.2, 0.25) is 5.91 Å². The molecule has 0 fully saturated rings. The predicted octanol–water partition coefficient (Wildman–Crippen LogP) is 1.57. The van der Waals surface area contributed by atoms with Gasteiger partial charge in [-0.3, -0.25) is 14.0 Å². The number of amides is 1. The number of fused-ring (bicyclic) bond motifs is 1. The maximum atomic E-state index is 12.2. The zero-order chi connectivity index (χ0) is 14.7. The van der Waals surface area contributed by atoms with E-state index in [2.05, 4.69) is 4.98 Å². The number of rotatable bonds is 6. The molecular weight excluding hydrogens is 278 g/mol. The standard InChI is InChI=1S/C13H17N3O3S/c1-3-4-15(7-12(18)19)11(17)5-10-8-20-13-14-9(2)6-16(10)13/h6,8H,3-5,7H2,1-2H3,(H,18,19). The first kappa shape index (κ1) is 14.5. The van der Waals surface area contributed by atoms with Crippen molar-refractivity contribution < 1.29 is 14.7 Å². The molecule has 2 heterocycles. The molecule has 0 saturated heterocycles. The lowest BCUT2D eigenvalue weighted by Crippen LogP contribution is -2.37. The molecule has 2 aromatic rings. The summed E-state index contributed by atoms with van der Waals surface area (Å²) in [5, 5.41) is 10.7. The number of carboxylic acid groups (broad SMARTS) is 1. The number of thiazole rings is 1. The molecule has 20 heavy (non-hydrogen) atoms. The van der Waals surface area contributed by atoms with E-state index in [9.17, 15) is 9.59 Å². The third-order valence-corrected chi connectivity index (χ3v) is 3.80. The van der Waals surface area contributed by atoms with Crippen molar-refractivity contribution in [3.05, 3.63) is 23.0 Å². The molecule has 0 aliphatic rings. The first-order valence-electron chi connectivity index (χ1n) is 6.43. The van der Waals surface area contributed by atoms with Crippen LogP contribution in [0.5, 0.6) is 0 Å². The van der Waals surface area contributed by atoms with Crippen molar-refractivity contribution >= 4 is 28.2 Å². The van der Waals surface area contributed by atoms with E-state index in [-0.39, 0.29) is 18.9 Å². The molecule has 0 bridgehead atoms. The maximum Gasteiger partial charge on any atom is 0.323 e. The molecule has 108 valence electrons. The highest BCUT2D eigenvalue weighted by Gasteiger charge is 2.18. The van der Waals surface area contributed by atoms with Crippen LogP contribution in [-0.4, -0.2) is 44.4 Å². The summed E-state index contributed by atoms with van der Waals surface area (Å²) in [6.07, 6.45) is 2.82. The number of aromatic nitrogens is 2. The summed E-state index contributed by atoms with van der Waals surface area (Å²) in [6, 6.07) is 0.